The van der Waals surface area contributed by atoms with E-state index in [9.17, 15) is 0 Å². The van der Waals surface area contributed by atoms with Gasteiger partial charge in [0.1, 0.15) is 6.10 Å². The van der Waals surface area contributed by atoms with Gasteiger partial charge in [0.15, 0.2) is 6.29 Å². The fourth-order valence-electron chi connectivity index (χ4n) is 1.55. The minimum atomic E-state index is -0.350. The maximum Gasteiger partial charge on any atom is 0.186 e. The highest BCUT2D eigenvalue weighted by Gasteiger charge is 2.29. The molecule has 0 saturated carbocycles. The second-order valence-electron chi connectivity index (χ2n) is 3.36. The summed E-state index contributed by atoms with van der Waals surface area (Å²) in [6.07, 6.45) is -0.561. The number of hydrogen-bond acceptors (Lipinski definition) is 4. The molecule has 0 amide bonds. The monoisotopic (exact) mass is 234 g/mol. The van der Waals surface area contributed by atoms with Crippen LogP contribution in [0.5, 0.6) is 0 Å². The Hall–Kier alpha value is -0.160. The summed E-state index contributed by atoms with van der Waals surface area (Å²) in [5.74, 6) is 0. The molecule has 0 rings (SSSR count). The Morgan fingerprint density at radius 3 is 1.50 bits per heavy atom. The zero-order chi connectivity index (χ0) is 12.4. The van der Waals surface area contributed by atoms with Crippen molar-refractivity contribution < 1.29 is 18.9 Å². The lowest BCUT2D eigenvalue weighted by atomic mass is 10.2. The molecule has 2 unspecified atom stereocenters. The molecule has 0 aliphatic carbocycles. The Morgan fingerprint density at radius 1 is 0.688 bits per heavy atom. The smallest absolute Gasteiger partial charge is 0.186 e. The Bertz CT molecular complexity index is 146. The predicted octanol–water partition coefficient (Wildman–Crippen LogP) is 2.22. The highest BCUT2D eigenvalue weighted by molar-refractivity contribution is 4.71. The second-order valence-corrected chi connectivity index (χ2v) is 3.36. The van der Waals surface area contributed by atoms with Gasteiger partial charge in [0.2, 0.25) is 0 Å². The van der Waals surface area contributed by atoms with Crippen LogP contribution in [0, 0.1) is 0 Å². The van der Waals surface area contributed by atoms with E-state index >= 15 is 0 Å². The van der Waals surface area contributed by atoms with Gasteiger partial charge in [0, 0.05) is 26.4 Å². The molecule has 0 aromatic rings. The molecular weight excluding hydrogens is 208 g/mol. The molecule has 0 aromatic heterocycles. The van der Waals surface area contributed by atoms with E-state index in [-0.39, 0.29) is 18.5 Å². The standard InChI is InChI=1S/C12H26O4/c1-6-13-10(5)11(14-7-2)12(15-8-3)16-9-4/h10-12H,6-9H2,1-5H3. The van der Waals surface area contributed by atoms with Gasteiger partial charge in [-0.25, -0.2) is 0 Å². The molecule has 0 heterocycles. The number of ether oxygens (including phenoxy) is 4. The van der Waals surface area contributed by atoms with Crippen LogP contribution in [0.2, 0.25) is 0 Å². The summed E-state index contributed by atoms with van der Waals surface area (Å²) in [6.45, 7) is 12.3. The van der Waals surface area contributed by atoms with Gasteiger partial charge in [-0.1, -0.05) is 0 Å². The third-order valence-corrected chi connectivity index (χ3v) is 2.18. The van der Waals surface area contributed by atoms with Gasteiger partial charge < -0.3 is 18.9 Å². The van der Waals surface area contributed by atoms with Crippen molar-refractivity contribution in [2.75, 3.05) is 26.4 Å². The highest BCUT2D eigenvalue weighted by Crippen LogP contribution is 2.13. The minimum Gasteiger partial charge on any atom is -0.376 e. The van der Waals surface area contributed by atoms with Gasteiger partial charge >= 0.3 is 0 Å². The van der Waals surface area contributed by atoms with Crippen LogP contribution in [0.15, 0.2) is 0 Å². The van der Waals surface area contributed by atoms with Gasteiger partial charge in [-0.15, -0.1) is 0 Å². The zero-order valence-corrected chi connectivity index (χ0v) is 11.2. The van der Waals surface area contributed by atoms with Crippen molar-refractivity contribution in [2.24, 2.45) is 0 Å². The summed E-state index contributed by atoms with van der Waals surface area (Å²) in [5, 5.41) is 0. The van der Waals surface area contributed by atoms with E-state index in [1.807, 2.05) is 34.6 Å². The van der Waals surface area contributed by atoms with Crippen molar-refractivity contribution in [2.45, 2.75) is 53.1 Å². The Morgan fingerprint density at radius 2 is 1.12 bits per heavy atom. The highest BCUT2D eigenvalue weighted by atomic mass is 16.7. The third-order valence-electron chi connectivity index (χ3n) is 2.18. The molecule has 0 aliphatic heterocycles. The molecule has 0 bridgehead atoms. The lowest BCUT2D eigenvalue weighted by Crippen LogP contribution is -2.43. The van der Waals surface area contributed by atoms with E-state index in [0.717, 1.165) is 0 Å². The summed E-state index contributed by atoms with van der Waals surface area (Å²) in [7, 11) is 0. The van der Waals surface area contributed by atoms with Gasteiger partial charge in [-0.05, 0) is 34.6 Å². The van der Waals surface area contributed by atoms with Crippen LogP contribution in [-0.2, 0) is 18.9 Å². The topological polar surface area (TPSA) is 36.9 Å². The molecule has 4 nitrogen and oxygen atoms in total. The molecular formula is C12H26O4. The molecule has 0 saturated heterocycles. The SMILES string of the molecule is CCOC(C)C(OCC)C(OCC)OCC. The first kappa shape index (κ1) is 15.8. The normalized spacial score (nSPS) is 15.4. The van der Waals surface area contributed by atoms with Crippen molar-refractivity contribution >= 4 is 0 Å². The minimum absolute atomic E-state index is 0.0342. The van der Waals surface area contributed by atoms with E-state index in [1.54, 1.807) is 0 Å². The fourth-order valence-corrected chi connectivity index (χ4v) is 1.55. The molecule has 0 aromatic carbocycles. The van der Waals surface area contributed by atoms with E-state index in [1.165, 1.54) is 0 Å². The van der Waals surface area contributed by atoms with Gasteiger partial charge in [-0.2, -0.15) is 0 Å². The molecule has 0 radical (unpaired) electrons. The molecule has 0 fully saturated rings. The van der Waals surface area contributed by atoms with Gasteiger partial charge in [0.05, 0.1) is 6.10 Å². The van der Waals surface area contributed by atoms with Crippen LogP contribution in [0.25, 0.3) is 0 Å². The van der Waals surface area contributed by atoms with Gasteiger partial charge in [-0.3, -0.25) is 0 Å². The summed E-state index contributed by atoms with van der Waals surface area (Å²) < 4.78 is 22.3. The summed E-state index contributed by atoms with van der Waals surface area (Å²) in [6, 6.07) is 0. The lowest BCUT2D eigenvalue weighted by molar-refractivity contribution is -0.228. The summed E-state index contributed by atoms with van der Waals surface area (Å²) in [5.41, 5.74) is 0. The second kappa shape index (κ2) is 10.0. The largest absolute Gasteiger partial charge is 0.376 e. The lowest BCUT2D eigenvalue weighted by Gasteiger charge is -2.30. The maximum atomic E-state index is 5.65. The maximum absolute atomic E-state index is 5.65. The van der Waals surface area contributed by atoms with E-state index < -0.39 is 0 Å². The van der Waals surface area contributed by atoms with E-state index in [0.29, 0.717) is 26.4 Å². The van der Waals surface area contributed by atoms with Crippen LogP contribution in [0.4, 0.5) is 0 Å². The molecule has 0 aliphatic rings. The van der Waals surface area contributed by atoms with Crippen LogP contribution in [-0.4, -0.2) is 44.9 Å². The van der Waals surface area contributed by atoms with Crippen molar-refractivity contribution in [1.29, 1.82) is 0 Å². The third kappa shape index (κ3) is 5.80. The first-order chi connectivity index (χ1) is 7.71. The van der Waals surface area contributed by atoms with Crippen molar-refractivity contribution in [3.8, 4) is 0 Å². The van der Waals surface area contributed by atoms with Crippen molar-refractivity contribution in [3.05, 3.63) is 0 Å². The van der Waals surface area contributed by atoms with E-state index in [2.05, 4.69) is 0 Å². The quantitative estimate of drug-likeness (QED) is 0.543. The Labute approximate surface area is 99.2 Å². The van der Waals surface area contributed by atoms with Crippen molar-refractivity contribution in [3.63, 3.8) is 0 Å². The van der Waals surface area contributed by atoms with Crippen LogP contribution in [0.1, 0.15) is 34.6 Å². The van der Waals surface area contributed by atoms with Crippen LogP contribution < -0.4 is 0 Å². The molecule has 4 heteroatoms. The van der Waals surface area contributed by atoms with Crippen LogP contribution in [0.3, 0.4) is 0 Å². The molecule has 16 heavy (non-hydrogen) atoms. The first-order valence-electron chi connectivity index (χ1n) is 6.17. The molecule has 2 atom stereocenters. The van der Waals surface area contributed by atoms with E-state index in [4.69, 9.17) is 18.9 Å². The van der Waals surface area contributed by atoms with Gasteiger partial charge in [0.25, 0.3) is 0 Å². The van der Waals surface area contributed by atoms with Crippen molar-refractivity contribution in [1.82, 2.24) is 0 Å². The average Bonchev–Trinajstić information content (AvgIpc) is 2.26. The average molecular weight is 234 g/mol. The molecule has 98 valence electrons. The Kier molecular flexibility index (Phi) is 9.92. The zero-order valence-electron chi connectivity index (χ0n) is 11.2. The summed E-state index contributed by atoms with van der Waals surface area (Å²) >= 11 is 0. The number of rotatable bonds is 10. The summed E-state index contributed by atoms with van der Waals surface area (Å²) in [4.78, 5) is 0. The fraction of sp³-hybridized carbons (Fsp3) is 1.00. The first-order valence-corrected chi connectivity index (χ1v) is 6.17. The number of hydrogen-bond donors (Lipinski definition) is 0. The molecule has 0 spiro atoms. The van der Waals surface area contributed by atoms with Crippen LogP contribution >= 0.6 is 0 Å². The Balaban J connectivity index is 4.40. The molecule has 0 N–H and O–H groups in total. The predicted molar refractivity (Wildman–Crippen MR) is 63.5 cm³/mol.